The van der Waals surface area contributed by atoms with Gasteiger partial charge in [0.1, 0.15) is 11.5 Å². The highest BCUT2D eigenvalue weighted by molar-refractivity contribution is 7.22. The van der Waals surface area contributed by atoms with Gasteiger partial charge < -0.3 is 9.47 Å². The maximum atomic E-state index is 12.2. The number of thiazole rings is 1. The minimum Gasteiger partial charge on any atom is -0.494 e. The molecule has 3 rings (SSSR count). The van der Waals surface area contributed by atoms with Crippen molar-refractivity contribution in [2.75, 3.05) is 18.5 Å². The SMILES string of the molecule is CCOc1ccc2nc(NC(=O)COc3ccc([C@H](C)CC)cc3)sc2c1. The van der Waals surface area contributed by atoms with E-state index in [0.717, 1.165) is 22.4 Å². The fourth-order valence-electron chi connectivity index (χ4n) is 2.65. The van der Waals surface area contributed by atoms with Gasteiger partial charge in [-0.15, -0.1) is 0 Å². The highest BCUT2D eigenvalue weighted by Crippen LogP contribution is 2.29. The summed E-state index contributed by atoms with van der Waals surface area (Å²) in [6, 6.07) is 13.6. The molecule has 1 amide bonds. The molecule has 0 aliphatic rings. The van der Waals surface area contributed by atoms with Crippen LogP contribution in [0.2, 0.25) is 0 Å². The van der Waals surface area contributed by atoms with Crippen LogP contribution >= 0.6 is 11.3 Å². The van der Waals surface area contributed by atoms with Crippen molar-refractivity contribution in [3.05, 3.63) is 48.0 Å². The first-order valence-electron chi connectivity index (χ1n) is 9.15. The Balaban J connectivity index is 1.56. The van der Waals surface area contributed by atoms with Crippen LogP contribution in [0.1, 0.15) is 38.7 Å². The van der Waals surface area contributed by atoms with Gasteiger partial charge in [0.25, 0.3) is 5.91 Å². The van der Waals surface area contributed by atoms with Crippen LogP contribution < -0.4 is 14.8 Å². The van der Waals surface area contributed by atoms with E-state index in [2.05, 4.69) is 24.1 Å². The third-order valence-electron chi connectivity index (χ3n) is 4.35. The molecule has 0 radical (unpaired) electrons. The Morgan fingerprint density at radius 3 is 2.56 bits per heavy atom. The van der Waals surface area contributed by atoms with E-state index in [9.17, 15) is 4.79 Å². The number of ether oxygens (including phenoxy) is 2. The number of carbonyl (C=O) groups is 1. The summed E-state index contributed by atoms with van der Waals surface area (Å²) in [5, 5.41) is 3.35. The summed E-state index contributed by atoms with van der Waals surface area (Å²) in [7, 11) is 0. The molecule has 27 heavy (non-hydrogen) atoms. The van der Waals surface area contributed by atoms with E-state index in [1.165, 1.54) is 16.9 Å². The average molecular weight is 385 g/mol. The Kier molecular flexibility index (Phi) is 6.29. The van der Waals surface area contributed by atoms with Gasteiger partial charge in [0.2, 0.25) is 0 Å². The van der Waals surface area contributed by atoms with Crippen LogP contribution in [0.3, 0.4) is 0 Å². The Bertz CT molecular complexity index is 905. The molecule has 1 N–H and O–H groups in total. The maximum Gasteiger partial charge on any atom is 0.264 e. The van der Waals surface area contributed by atoms with Gasteiger partial charge in [0.15, 0.2) is 11.7 Å². The summed E-state index contributed by atoms with van der Waals surface area (Å²) < 4.78 is 12.0. The summed E-state index contributed by atoms with van der Waals surface area (Å²) in [6.45, 7) is 6.87. The molecule has 142 valence electrons. The third kappa shape index (κ3) is 4.98. The Hall–Kier alpha value is -2.60. The number of aromatic nitrogens is 1. The normalized spacial score (nSPS) is 12.0. The zero-order chi connectivity index (χ0) is 19.2. The zero-order valence-electron chi connectivity index (χ0n) is 15.8. The van der Waals surface area contributed by atoms with E-state index < -0.39 is 0 Å². The van der Waals surface area contributed by atoms with E-state index in [1.54, 1.807) is 0 Å². The van der Waals surface area contributed by atoms with Crippen LogP contribution in [-0.2, 0) is 4.79 Å². The first kappa shape index (κ1) is 19.2. The van der Waals surface area contributed by atoms with E-state index in [1.807, 2.05) is 49.4 Å². The fraction of sp³-hybridized carbons (Fsp3) is 0.333. The maximum absolute atomic E-state index is 12.2. The van der Waals surface area contributed by atoms with Crippen LogP contribution in [0.15, 0.2) is 42.5 Å². The lowest BCUT2D eigenvalue weighted by molar-refractivity contribution is -0.118. The second-order valence-electron chi connectivity index (χ2n) is 6.30. The number of benzene rings is 2. The van der Waals surface area contributed by atoms with E-state index >= 15 is 0 Å². The first-order valence-corrected chi connectivity index (χ1v) is 9.96. The third-order valence-corrected chi connectivity index (χ3v) is 5.28. The van der Waals surface area contributed by atoms with Gasteiger partial charge in [0.05, 0.1) is 16.8 Å². The molecule has 5 nitrogen and oxygen atoms in total. The summed E-state index contributed by atoms with van der Waals surface area (Å²) in [5.74, 6) is 1.77. The number of anilines is 1. The molecular formula is C21H24N2O3S. The molecule has 0 spiro atoms. The lowest BCUT2D eigenvalue weighted by atomic mass is 9.99. The van der Waals surface area contributed by atoms with Gasteiger partial charge in [-0.2, -0.15) is 0 Å². The fourth-order valence-corrected chi connectivity index (χ4v) is 3.56. The smallest absolute Gasteiger partial charge is 0.264 e. The second-order valence-corrected chi connectivity index (χ2v) is 7.33. The number of hydrogen-bond acceptors (Lipinski definition) is 5. The Labute approximate surface area is 163 Å². The summed E-state index contributed by atoms with van der Waals surface area (Å²) in [6.07, 6.45) is 1.09. The molecular weight excluding hydrogens is 360 g/mol. The summed E-state index contributed by atoms with van der Waals surface area (Å²) in [5.41, 5.74) is 2.11. The number of nitrogens with zero attached hydrogens (tertiary/aromatic N) is 1. The number of fused-ring (bicyclic) bond motifs is 1. The molecule has 3 aromatic rings. The van der Waals surface area contributed by atoms with Crippen molar-refractivity contribution in [3.63, 3.8) is 0 Å². The largest absolute Gasteiger partial charge is 0.494 e. The molecule has 0 fully saturated rings. The zero-order valence-corrected chi connectivity index (χ0v) is 16.6. The summed E-state index contributed by atoms with van der Waals surface area (Å²) >= 11 is 1.42. The number of hydrogen-bond donors (Lipinski definition) is 1. The lowest BCUT2D eigenvalue weighted by Crippen LogP contribution is -2.20. The number of nitrogens with one attached hydrogen (secondary N) is 1. The van der Waals surface area contributed by atoms with Gasteiger partial charge in [-0.3, -0.25) is 10.1 Å². The van der Waals surface area contributed by atoms with Crippen LogP contribution in [0.5, 0.6) is 11.5 Å². The van der Waals surface area contributed by atoms with Crippen molar-refractivity contribution in [2.24, 2.45) is 0 Å². The molecule has 6 heteroatoms. The minimum atomic E-state index is -0.231. The minimum absolute atomic E-state index is 0.0528. The quantitative estimate of drug-likeness (QED) is 0.578. The van der Waals surface area contributed by atoms with Crippen LogP contribution in [-0.4, -0.2) is 24.1 Å². The first-order chi connectivity index (χ1) is 13.1. The van der Waals surface area contributed by atoms with Crippen molar-refractivity contribution >= 4 is 32.6 Å². The molecule has 1 heterocycles. The van der Waals surface area contributed by atoms with Crippen molar-refractivity contribution in [1.29, 1.82) is 0 Å². The van der Waals surface area contributed by atoms with Crippen LogP contribution in [0.4, 0.5) is 5.13 Å². The van der Waals surface area contributed by atoms with E-state index in [4.69, 9.17) is 9.47 Å². The highest BCUT2D eigenvalue weighted by atomic mass is 32.1. The molecule has 2 aromatic carbocycles. The molecule has 1 atom stereocenters. The van der Waals surface area contributed by atoms with E-state index in [-0.39, 0.29) is 12.5 Å². The topological polar surface area (TPSA) is 60.5 Å². The van der Waals surface area contributed by atoms with Crippen molar-refractivity contribution in [1.82, 2.24) is 4.98 Å². The van der Waals surface area contributed by atoms with Crippen molar-refractivity contribution in [3.8, 4) is 11.5 Å². The van der Waals surface area contributed by atoms with Gasteiger partial charge in [-0.25, -0.2) is 4.98 Å². The number of carbonyl (C=O) groups excluding carboxylic acids is 1. The molecule has 0 unspecified atom stereocenters. The van der Waals surface area contributed by atoms with Crippen molar-refractivity contribution in [2.45, 2.75) is 33.1 Å². The number of amides is 1. The van der Waals surface area contributed by atoms with E-state index in [0.29, 0.717) is 23.4 Å². The van der Waals surface area contributed by atoms with Crippen LogP contribution in [0, 0.1) is 0 Å². The predicted octanol–water partition coefficient (Wildman–Crippen LogP) is 5.23. The van der Waals surface area contributed by atoms with Crippen LogP contribution in [0.25, 0.3) is 10.2 Å². The Morgan fingerprint density at radius 2 is 1.85 bits per heavy atom. The highest BCUT2D eigenvalue weighted by Gasteiger charge is 2.10. The lowest BCUT2D eigenvalue weighted by Gasteiger charge is -2.10. The molecule has 1 aromatic heterocycles. The Morgan fingerprint density at radius 1 is 1.11 bits per heavy atom. The molecule has 0 aliphatic carbocycles. The van der Waals surface area contributed by atoms with Gasteiger partial charge in [-0.1, -0.05) is 37.3 Å². The van der Waals surface area contributed by atoms with Gasteiger partial charge in [0, 0.05) is 0 Å². The van der Waals surface area contributed by atoms with Gasteiger partial charge in [-0.05, 0) is 55.2 Å². The monoisotopic (exact) mass is 384 g/mol. The summed E-state index contributed by atoms with van der Waals surface area (Å²) in [4.78, 5) is 16.6. The average Bonchev–Trinajstić information content (AvgIpc) is 3.08. The number of rotatable bonds is 8. The van der Waals surface area contributed by atoms with Crippen molar-refractivity contribution < 1.29 is 14.3 Å². The molecule has 0 saturated heterocycles. The molecule has 0 aliphatic heterocycles. The predicted molar refractivity (Wildman–Crippen MR) is 110 cm³/mol. The second kappa shape index (κ2) is 8.86. The standard InChI is InChI=1S/C21H24N2O3S/c1-4-14(3)15-6-8-16(9-7-15)26-13-20(24)23-21-22-18-11-10-17(25-5-2)12-19(18)27-21/h6-12,14H,4-5,13H2,1-3H3,(H,22,23,24)/t14-/m1/s1. The molecule has 0 bridgehead atoms. The molecule has 0 saturated carbocycles. The van der Waals surface area contributed by atoms with Gasteiger partial charge >= 0.3 is 0 Å².